The number of thioether (sulfide) groups is 1. The van der Waals surface area contributed by atoms with E-state index in [9.17, 15) is 18.0 Å². The smallest absolute Gasteiger partial charge is 0.377 e. The highest BCUT2D eigenvalue weighted by molar-refractivity contribution is 8.00. The fourth-order valence-corrected chi connectivity index (χ4v) is 2.61. The van der Waals surface area contributed by atoms with Gasteiger partial charge in [0.05, 0.1) is 6.61 Å². The van der Waals surface area contributed by atoms with Crippen molar-refractivity contribution in [3.8, 4) is 0 Å². The molecule has 0 heterocycles. The lowest BCUT2D eigenvalue weighted by atomic mass is 10.1. The number of alkyl halides is 3. The van der Waals surface area contributed by atoms with Crippen LogP contribution in [0.1, 0.15) is 28.4 Å². The van der Waals surface area contributed by atoms with E-state index < -0.39 is 5.51 Å². The van der Waals surface area contributed by atoms with E-state index in [4.69, 9.17) is 4.74 Å². The second kappa shape index (κ2) is 8.92. The van der Waals surface area contributed by atoms with Gasteiger partial charge >= 0.3 is 5.51 Å². The molecule has 0 saturated heterocycles. The van der Waals surface area contributed by atoms with Crippen LogP contribution in [0.25, 0.3) is 0 Å². The summed E-state index contributed by atoms with van der Waals surface area (Å²) in [5.74, 6) is -0.332. The van der Waals surface area contributed by atoms with Crippen molar-refractivity contribution in [3.63, 3.8) is 0 Å². The SMILES string of the molecule is CCOCc1ccc(CNC(=O)c2ccc(SC(F)(F)F)cc2)cc1. The van der Waals surface area contributed by atoms with Gasteiger partial charge in [0.15, 0.2) is 0 Å². The molecule has 0 bridgehead atoms. The minimum Gasteiger partial charge on any atom is -0.377 e. The lowest BCUT2D eigenvalue weighted by molar-refractivity contribution is -0.0328. The maximum Gasteiger partial charge on any atom is 0.446 e. The molecule has 3 nitrogen and oxygen atoms in total. The van der Waals surface area contributed by atoms with Crippen LogP contribution >= 0.6 is 11.8 Å². The number of rotatable bonds is 7. The Morgan fingerprint density at radius 1 is 1.04 bits per heavy atom. The van der Waals surface area contributed by atoms with E-state index in [1.165, 1.54) is 24.3 Å². The normalized spacial score (nSPS) is 11.4. The van der Waals surface area contributed by atoms with Crippen LogP contribution < -0.4 is 5.32 Å². The number of halogens is 3. The molecule has 0 aliphatic heterocycles. The Kier molecular flexibility index (Phi) is 6.90. The van der Waals surface area contributed by atoms with Crippen LogP contribution in [-0.4, -0.2) is 18.0 Å². The highest BCUT2D eigenvalue weighted by Gasteiger charge is 2.29. The van der Waals surface area contributed by atoms with E-state index >= 15 is 0 Å². The summed E-state index contributed by atoms with van der Waals surface area (Å²) in [6.07, 6.45) is 0. The topological polar surface area (TPSA) is 38.3 Å². The third kappa shape index (κ3) is 6.80. The highest BCUT2D eigenvalue weighted by atomic mass is 32.2. The molecule has 1 N–H and O–H groups in total. The molecule has 2 rings (SSSR count). The van der Waals surface area contributed by atoms with Gasteiger partial charge in [0.1, 0.15) is 0 Å². The first kappa shape index (κ1) is 19.3. The van der Waals surface area contributed by atoms with Crippen molar-refractivity contribution in [2.24, 2.45) is 0 Å². The minimum absolute atomic E-state index is 0.0499. The fraction of sp³-hybridized carbons (Fsp3) is 0.278. The van der Waals surface area contributed by atoms with Crippen LogP contribution in [0.15, 0.2) is 53.4 Å². The standard InChI is InChI=1S/C18H18F3NO2S/c1-2-24-12-14-5-3-13(4-6-14)11-22-17(23)15-7-9-16(10-8-15)25-18(19,20)21/h3-10H,2,11-12H2,1H3,(H,22,23). The molecule has 25 heavy (non-hydrogen) atoms. The van der Waals surface area contributed by atoms with E-state index in [1.54, 1.807) is 0 Å². The highest BCUT2D eigenvalue weighted by Crippen LogP contribution is 2.36. The van der Waals surface area contributed by atoms with E-state index in [0.29, 0.717) is 25.3 Å². The first-order valence-electron chi connectivity index (χ1n) is 7.67. The molecule has 0 unspecified atom stereocenters. The van der Waals surface area contributed by atoms with Gasteiger partial charge in [-0.2, -0.15) is 13.2 Å². The third-order valence-corrected chi connectivity index (χ3v) is 4.04. The molecule has 0 aliphatic rings. The number of amides is 1. The Morgan fingerprint density at radius 2 is 1.64 bits per heavy atom. The zero-order chi connectivity index (χ0) is 18.3. The van der Waals surface area contributed by atoms with Crippen molar-refractivity contribution in [1.29, 1.82) is 0 Å². The van der Waals surface area contributed by atoms with Crippen LogP contribution in [0.2, 0.25) is 0 Å². The van der Waals surface area contributed by atoms with Crippen LogP contribution in [-0.2, 0) is 17.9 Å². The second-order valence-corrected chi connectivity index (χ2v) is 6.35. The number of carbonyl (C=O) groups excluding carboxylic acids is 1. The zero-order valence-corrected chi connectivity index (χ0v) is 14.4. The summed E-state index contributed by atoms with van der Waals surface area (Å²) in [6, 6.07) is 13.0. The monoisotopic (exact) mass is 369 g/mol. The van der Waals surface area contributed by atoms with Crippen LogP contribution in [0.3, 0.4) is 0 Å². The molecule has 0 aromatic heterocycles. The molecule has 0 aliphatic carbocycles. The van der Waals surface area contributed by atoms with Crippen LogP contribution in [0.5, 0.6) is 0 Å². The number of carbonyl (C=O) groups is 1. The molecule has 2 aromatic carbocycles. The van der Waals surface area contributed by atoms with Crippen LogP contribution in [0, 0.1) is 0 Å². The quantitative estimate of drug-likeness (QED) is 0.715. The van der Waals surface area contributed by atoms with Gasteiger partial charge in [-0.15, -0.1) is 0 Å². The lowest BCUT2D eigenvalue weighted by Gasteiger charge is -2.08. The number of benzene rings is 2. The lowest BCUT2D eigenvalue weighted by Crippen LogP contribution is -2.22. The Balaban J connectivity index is 1.87. The molecule has 0 fully saturated rings. The Hall–Kier alpha value is -1.99. The maximum absolute atomic E-state index is 12.3. The van der Waals surface area contributed by atoms with Gasteiger partial charge in [-0.1, -0.05) is 24.3 Å². The first-order chi connectivity index (χ1) is 11.9. The predicted octanol–water partition coefficient (Wildman–Crippen LogP) is 4.77. The minimum atomic E-state index is -4.34. The van der Waals surface area contributed by atoms with Gasteiger partial charge in [0.2, 0.25) is 0 Å². The Bertz CT molecular complexity index is 685. The summed E-state index contributed by atoms with van der Waals surface area (Å²) < 4.78 is 42.2. The fourth-order valence-electron chi connectivity index (χ4n) is 2.07. The summed E-state index contributed by atoms with van der Waals surface area (Å²) in [7, 11) is 0. The van der Waals surface area contributed by atoms with Crippen molar-refractivity contribution >= 4 is 17.7 Å². The second-order valence-electron chi connectivity index (χ2n) is 5.21. The summed E-state index contributed by atoms with van der Waals surface area (Å²) in [5.41, 5.74) is -2.04. The van der Waals surface area contributed by atoms with Crippen molar-refractivity contribution in [1.82, 2.24) is 5.32 Å². The number of hydrogen-bond acceptors (Lipinski definition) is 3. The summed E-state index contributed by atoms with van der Waals surface area (Å²) >= 11 is -0.204. The molecule has 0 atom stereocenters. The molecular formula is C18H18F3NO2S. The molecule has 1 amide bonds. The maximum atomic E-state index is 12.3. The van der Waals surface area contributed by atoms with Gasteiger partial charge in [0, 0.05) is 23.6 Å². The van der Waals surface area contributed by atoms with Crippen molar-refractivity contribution in [2.45, 2.75) is 30.5 Å². The van der Waals surface area contributed by atoms with Gasteiger partial charge in [-0.05, 0) is 54.1 Å². The van der Waals surface area contributed by atoms with E-state index in [-0.39, 0.29) is 22.6 Å². The molecule has 0 spiro atoms. The number of hydrogen-bond donors (Lipinski definition) is 1. The number of nitrogens with one attached hydrogen (secondary N) is 1. The predicted molar refractivity (Wildman–Crippen MR) is 91.3 cm³/mol. The molecule has 0 saturated carbocycles. The van der Waals surface area contributed by atoms with E-state index in [1.807, 2.05) is 31.2 Å². The van der Waals surface area contributed by atoms with E-state index in [0.717, 1.165) is 11.1 Å². The largest absolute Gasteiger partial charge is 0.446 e. The molecule has 134 valence electrons. The van der Waals surface area contributed by atoms with Gasteiger partial charge in [-0.3, -0.25) is 4.79 Å². The molecule has 7 heteroatoms. The summed E-state index contributed by atoms with van der Waals surface area (Å²) in [4.78, 5) is 12.1. The number of ether oxygens (including phenoxy) is 1. The first-order valence-corrected chi connectivity index (χ1v) is 8.48. The Morgan fingerprint density at radius 3 is 2.20 bits per heavy atom. The molecule has 2 aromatic rings. The van der Waals surface area contributed by atoms with Crippen molar-refractivity contribution in [2.75, 3.05) is 6.61 Å². The zero-order valence-electron chi connectivity index (χ0n) is 13.6. The summed E-state index contributed by atoms with van der Waals surface area (Å²) in [6.45, 7) is 3.47. The average molecular weight is 369 g/mol. The third-order valence-electron chi connectivity index (χ3n) is 3.30. The molecule has 0 radical (unpaired) electrons. The van der Waals surface area contributed by atoms with Crippen LogP contribution in [0.4, 0.5) is 13.2 Å². The van der Waals surface area contributed by atoms with Crippen molar-refractivity contribution in [3.05, 3.63) is 65.2 Å². The van der Waals surface area contributed by atoms with Gasteiger partial charge in [0.25, 0.3) is 5.91 Å². The summed E-state index contributed by atoms with van der Waals surface area (Å²) in [5, 5.41) is 2.75. The average Bonchev–Trinajstić information content (AvgIpc) is 2.58. The van der Waals surface area contributed by atoms with Gasteiger partial charge in [-0.25, -0.2) is 0 Å². The molecular weight excluding hydrogens is 351 g/mol. The van der Waals surface area contributed by atoms with E-state index in [2.05, 4.69) is 5.32 Å². The van der Waals surface area contributed by atoms with Gasteiger partial charge < -0.3 is 10.1 Å². The van der Waals surface area contributed by atoms with Crippen molar-refractivity contribution < 1.29 is 22.7 Å². The Labute approximate surface area is 148 Å².